The van der Waals surface area contributed by atoms with Gasteiger partial charge in [0.1, 0.15) is 5.78 Å². The fourth-order valence-electron chi connectivity index (χ4n) is 1.44. The maximum Gasteiger partial charge on any atom is 0.146 e. The van der Waals surface area contributed by atoms with Gasteiger partial charge in [-0.05, 0) is 33.7 Å². The number of carbonyl (C=O) groups excluding carboxylic acids is 1. The molecule has 0 rings (SSSR count). The van der Waals surface area contributed by atoms with Gasteiger partial charge in [0.25, 0.3) is 0 Å². The summed E-state index contributed by atoms with van der Waals surface area (Å²) in [5.41, 5.74) is 0. The lowest BCUT2D eigenvalue weighted by atomic mass is 10.1. The summed E-state index contributed by atoms with van der Waals surface area (Å²) in [7, 11) is 0. The Morgan fingerprint density at radius 3 is 2.08 bits per heavy atom. The molecule has 2 atom stereocenters. The van der Waals surface area contributed by atoms with Crippen LogP contribution in [-0.4, -0.2) is 29.3 Å². The molecule has 0 radical (unpaired) electrons. The minimum atomic E-state index is 0.0740. The van der Waals surface area contributed by atoms with E-state index < -0.39 is 0 Å². The zero-order chi connectivity index (χ0) is 9.72. The summed E-state index contributed by atoms with van der Waals surface area (Å²) in [4.78, 5) is 13.4. The van der Waals surface area contributed by atoms with Crippen LogP contribution in [0.3, 0.4) is 0 Å². The highest BCUT2D eigenvalue weighted by Crippen LogP contribution is 2.08. The predicted octanol–water partition coefficient (Wildman–Crippen LogP) is 2.08. The zero-order valence-corrected chi connectivity index (χ0v) is 8.92. The second kappa shape index (κ2) is 5.31. The first-order valence-electron chi connectivity index (χ1n) is 4.80. The molecule has 2 unspecified atom stereocenters. The second-order valence-corrected chi connectivity index (χ2v) is 3.37. The van der Waals surface area contributed by atoms with Crippen molar-refractivity contribution in [3.63, 3.8) is 0 Å². The molecule has 0 aromatic rings. The van der Waals surface area contributed by atoms with Crippen LogP contribution in [0.25, 0.3) is 0 Å². The van der Waals surface area contributed by atoms with E-state index in [9.17, 15) is 4.79 Å². The van der Waals surface area contributed by atoms with Crippen molar-refractivity contribution in [3.8, 4) is 0 Å². The van der Waals surface area contributed by atoms with Crippen LogP contribution in [0, 0.1) is 0 Å². The van der Waals surface area contributed by atoms with Gasteiger partial charge in [0, 0.05) is 6.04 Å². The van der Waals surface area contributed by atoms with Crippen LogP contribution >= 0.6 is 0 Å². The lowest BCUT2D eigenvalue weighted by molar-refractivity contribution is -0.122. The van der Waals surface area contributed by atoms with Gasteiger partial charge in [-0.1, -0.05) is 13.8 Å². The standard InChI is InChI=1S/C10H21NO/c1-6-8(3)11(7-2)9(4)10(5)12/h8-9H,6-7H2,1-5H3. The highest BCUT2D eigenvalue weighted by molar-refractivity contribution is 5.80. The molecule has 0 bridgehead atoms. The number of Topliss-reactive ketones (excluding diaryl/α,β-unsaturated/α-hetero) is 1. The van der Waals surface area contributed by atoms with E-state index >= 15 is 0 Å². The number of hydrogen-bond donors (Lipinski definition) is 0. The Labute approximate surface area is 75.9 Å². The molecule has 0 amide bonds. The van der Waals surface area contributed by atoms with Crippen molar-refractivity contribution in [2.24, 2.45) is 0 Å². The van der Waals surface area contributed by atoms with E-state index in [1.807, 2.05) is 6.92 Å². The van der Waals surface area contributed by atoms with Gasteiger partial charge >= 0.3 is 0 Å². The quantitative estimate of drug-likeness (QED) is 0.631. The van der Waals surface area contributed by atoms with Crippen LogP contribution in [0.2, 0.25) is 0 Å². The molecule has 0 aliphatic carbocycles. The van der Waals surface area contributed by atoms with E-state index in [0.29, 0.717) is 6.04 Å². The Balaban J connectivity index is 4.23. The topological polar surface area (TPSA) is 20.3 Å². The maximum atomic E-state index is 11.1. The number of rotatable bonds is 5. The van der Waals surface area contributed by atoms with Crippen molar-refractivity contribution < 1.29 is 4.79 Å². The van der Waals surface area contributed by atoms with E-state index in [1.165, 1.54) is 0 Å². The summed E-state index contributed by atoms with van der Waals surface area (Å²) in [5, 5.41) is 0. The third kappa shape index (κ3) is 2.94. The van der Waals surface area contributed by atoms with Crippen molar-refractivity contribution in [2.45, 2.75) is 53.1 Å². The molecule has 2 heteroatoms. The number of hydrogen-bond acceptors (Lipinski definition) is 2. The molecule has 0 fully saturated rings. The minimum absolute atomic E-state index is 0.0740. The van der Waals surface area contributed by atoms with Crippen LogP contribution in [-0.2, 0) is 4.79 Å². The Bertz CT molecular complexity index is 145. The third-order valence-electron chi connectivity index (χ3n) is 2.61. The number of likely N-dealkylation sites (N-methyl/N-ethyl adjacent to an activating group) is 1. The molecule has 0 aliphatic heterocycles. The Kier molecular flexibility index (Phi) is 5.14. The van der Waals surface area contributed by atoms with Crippen molar-refractivity contribution in [1.29, 1.82) is 0 Å². The van der Waals surface area contributed by atoms with Gasteiger partial charge in [0.2, 0.25) is 0 Å². The zero-order valence-electron chi connectivity index (χ0n) is 8.92. The molecular formula is C10H21NO. The molecular weight excluding hydrogens is 150 g/mol. The van der Waals surface area contributed by atoms with Gasteiger partial charge in [0.15, 0.2) is 0 Å². The molecule has 0 saturated carbocycles. The molecule has 72 valence electrons. The number of carbonyl (C=O) groups is 1. The number of ketones is 1. The van der Waals surface area contributed by atoms with E-state index in [2.05, 4.69) is 25.7 Å². The maximum absolute atomic E-state index is 11.1. The molecule has 2 nitrogen and oxygen atoms in total. The first-order chi connectivity index (χ1) is 5.54. The third-order valence-corrected chi connectivity index (χ3v) is 2.61. The Morgan fingerprint density at radius 1 is 1.33 bits per heavy atom. The van der Waals surface area contributed by atoms with Crippen molar-refractivity contribution in [1.82, 2.24) is 4.90 Å². The van der Waals surface area contributed by atoms with Crippen LogP contribution < -0.4 is 0 Å². The molecule has 0 aromatic heterocycles. The first-order valence-corrected chi connectivity index (χ1v) is 4.80. The SMILES string of the molecule is CCC(C)N(CC)C(C)C(C)=O. The van der Waals surface area contributed by atoms with Gasteiger partial charge in [-0.2, -0.15) is 0 Å². The Morgan fingerprint density at radius 2 is 1.83 bits per heavy atom. The molecule has 12 heavy (non-hydrogen) atoms. The predicted molar refractivity (Wildman–Crippen MR) is 52.3 cm³/mol. The van der Waals surface area contributed by atoms with Crippen molar-refractivity contribution in [3.05, 3.63) is 0 Å². The molecule has 0 spiro atoms. The molecule has 0 N–H and O–H groups in total. The normalized spacial score (nSPS) is 16.2. The molecule has 0 heterocycles. The fraction of sp³-hybridized carbons (Fsp3) is 0.900. The molecule has 0 saturated heterocycles. The highest BCUT2D eigenvalue weighted by Gasteiger charge is 2.19. The number of nitrogens with zero attached hydrogens (tertiary/aromatic N) is 1. The van der Waals surface area contributed by atoms with Crippen LogP contribution in [0.15, 0.2) is 0 Å². The van der Waals surface area contributed by atoms with Gasteiger partial charge < -0.3 is 0 Å². The summed E-state index contributed by atoms with van der Waals surface area (Å²) in [5.74, 6) is 0.261. The largest absolute Gasteiger partial charge is 0.298 e. The fourth-order valence-corrected chi connectivity index (χ4v) is 1.44. The van der Waals surface area contributed by atoms with E-state index in [-0.39, 0.29) is 11.8 Å². The van der Waals surface area contributed by atoms with Crippen LogP contribution in [0.1, 0.15) is 41.0 Å². The van der Waals surface area contributed by atoms with Crippen molar-refractivity contribution in [2.75, 3.05) is 6.54 Å². The van der Waals surface area contributed by atoms with Crippen molar-refractivity contribution >= 4 is 5.78 Å². The van der Waals surface area contributed by atoms with Crippen LogP contribution in [0.5, 0.6) is 0 Å². The van der Waals surface area contributed by atoms with Gasteiger partial charge in [0.05, 0.1) is 6.04 Å². The Hall–Kier alpha value is -0.370. The molecule has 0 aliphatic rings. The van der Waals surface area contributed by atoms with E-state index in [4.69, 9.17) is 0 Å². The van der Waals surface area contributed by atoms with Gasteiger partial charge in [-0.25, -0.2) is 0 Å². The molecule has 0 aromatic carbocycles. The summed E-state index contributed by atoms with van der Waals surface area (Å²) >= 11 is 0. The summed E-state index contributed by atoms with van der Waals surface area (Å²) in [6.07, 6.45) is 1.10. The smallest absolute Gasteiger partial charge is 0.146 e. The van der Waals surface area contributed by atoms with Gasteiger partial charge in [-0.15, -0.1) is 0 Å². The van der Waals surface area contributed by atoms with E-state index in [0.717, 1.165) is 13.0 Å². The second-order valence-electron chi connectivity index (χ2n) is 3.37. The first kappa shape index (κ1) is 11.6. The lowest BCUT2D eigenvalue weighted by Crippen LogP contribution is -2.43. The highest BCUT2D eigenvalue weighted by atomic mass is 16.1. The lowest BCUT2D eigenvalue weighted by Gasteiger charge is -2.31. The van der Waals surface area contributed by atoms with Crippen LogP contribution in [0.4, 0.5) is 0 Å². The summed E-state index contributed by atoms with van der Waals surface area (Å²) < 4.78 is 0. The minimum Gasteiger partial charge on any atom is -0.298 e. The average Bonchev–Trinajstić information content (AvgIpc) is 2.05. The monoisotopic (exact) mass is 171 g/mol. The summed E-state index contributed by atoms with van der Waals surface area (Å²) in [6.45, 7) is 11.0. The van der Waals surface area contributed by atoms with Gasteiger partial charge in [-0.3, -0.25) is 9.69 Å². The summed E-state index contributed by atoms with van der Waals surface area (Å²) in [6, 6.07) is 0.582. The van der Waals surface area contributed by atoms with E-state index in [1.54, 1.807) is 6.92 Å². The average molecular weight is 171 g/mol.